The first-order valence-corrected chi connectivity index (χ1v) is 9.27. The molecule has 0 saturated heterocycles. The lowest BCUT2D eigenvalue weighted by Crippen LogP contribution is -2.07. The molecule has 0 spiro atoms. The lowest BCUT2D eigenvalue weighted by molar-refractivity contribution is 0.435. The Morgan fingerprint density at radius 2 is 1.00 bits per heavy atom. The van der Waals surface area contributed by atoms with Crippen molar-refractivity contribution in [1.82, 2.24) is 0 Å². The van der Waals surface area contributed by atoms with E-state index in [1.165, 1.54) is 23.5 Å². The molecular weight excluding hydrogens is 340 g/mol. The first-order valence-electron chi connectivity index (χ1n) is 6.14. The fraction of sp³-hybridized carbons (Fsp3) is 0.286. The number of halogens is 4. The van der Waals surface area contributed by atoms with Crippen LogP contribution in [0.2, 0.25) is 0 Å². The Morgan fingerprint density at radius 3 is 1.38 bits per heavy atom. The molecular formula is C14H10F4S3. The number of thiophene rings is 1. The molecule has 1 aromatic heterocycles. The van der Waals surface area contributed by atoms with E-state index in [2.05, 4.69) is 0 Å². The topological polar surface area (TPSA) is 0 Å². The van der Waals surface area contributed by atoms with Gasteiger partial charge in [-0.3, -0.25) is 0 Å². The van der Waals surface area contributed by atoms with Crippen LogP contribution in [-0.4, -0.2) is 0 Å². The van der Waals surface area contributed by atoms with Crippen molar-refractivity contribution in [2.24, 2.45) is 0 Å². The Labute approximate surface area is 131 Å². The van der Waals surface area contributed by atoms with Gasteiger partial charge in [0.25, 0.3) is 0 Å². The van der Waals surface area contributed by atoms with Gasteiger partial charge in [-0.2, -0.15) is 23.5 Å². The lowest BCUT2D eigenvalue weighted by atomic mass is 10.1. The SMILES string of the molecule is Fc1c(F)c2c(F)c(F)c1CSCc1ccc(s1)CSC2. The second kappa shape index (κ2) is 6.22. The molecule has 7 heteroatoms. The summed E-state index contributed by atoms with van der Waals surface area (Å²) in [4.78, 5) is 2.18. The van der Waals surface area contributed by atoms with E-state index < -0.39 is 34.4 Å². The second-order valence-corrected chi connectivity index (χ2v) is 7.79. The lowest BCUT2D eigenvalue weighted by Gasteiger charge is -2.11. The minimum atomic E-state index is -1.26. The van der Waals surface area contributed by atoms with Crippen molar-refractivity contribution in [2.45, 2.75) is 23.0 Å². The fourth-order valence-electron chi connectivity index (χ4n) is 2.06. The van der Waals surface area contributed by atoms with E-state index in [-0.39, 0.29) is 11.5 Å². The van der Waals surface area contributed by atoms with Gasteiger partial charge in [-0.05, 0) is 12.1 Å². The standard InChI is InChI=1S/C14H10F4S3/c15-11-9-5-19-3-7-1-2-8(21-7)4-20-6-10(13(11)17)14(18)12(9)16/h1-2H,3-6H2. The van der Waals surface area contributed by atoms with Crippen LogP contribution >= 0.6 is 34.9 Å². The van der Waals surface area contributed by atoms with Gasteiger partial charge in [0.15, 0.2) is 23.3 Å². The average molecular weight is 350 g/mol. The van der Waals surface area contributed by atoms with Crippen LogP contribution in [0.5, 0.6) is 0 Å². The van der Waals surface area contributed by atoms with Gasteiger partial charge in [0.1, 0.15) is 0 Å². The number of fused-ring (bicyclic) bond motifs is 6. The van der Waals surface area contributed by atoms with E-state index in [4.69, 9.17) is 0 Å². The predicted octanol–water partition coefficient (Wildman–Crippen LogP) is 5.48. The van der Waals surface area contributed by atoms with Crippen molar-refractivity contribution in [1.29, 1.82) is 0 Å². The maximum atomic E-state index is 13.9. The van der Waals surface area contributed by atoms with Crippen LogP contribution in [0.3, 0.4) is 0 Å². The van der Waals surface area contributed by atoms with Gasteiger partial charge in [0, 0.05) is 43.9 Å². The summed E-state index contributed by atoms with van der Waals surface area (Å²) in [5.41, 5.74) is -1.03. The van der Waals surface area contributed by atoms with Crippen LogP contribution in [0.25, 0.3) is 0 Å². The van der Waals surface area contributed by atoms with Gasteiger partial charge in [-0.15, -0.1) is 11.3 Å². The number of rotatable bonds is 0. The van der Waals surface area contributed by atoms with Crippen LogP contribution in [0.15, 0.2) is 12.1 Å². The molecule has 0 nitrogen and oxygen atoms in total. The number of benzene rings is 1. The highest BCUT2D eigenvalue weighted by Crippen LogP contribution is 2.33. The molecule has 3 heterocycles. The zero-order chi connectivity index (χ0) is 15.0. The monoisotopic (exact) mass is 350 g/mol. The zero-order valence-electron chi connectivity index (χ0n) is 10.7. The normalized spacial score (nSPS) is 15.4. The van der Waals surface area contributed by atoms with Gasteiger partial charge in [-0.1, -0.05) is 0 Å². The predicted molar refractivity (Wildman–Crippen MR) is 80.6 cm³/mol. The van der Waals surface area contributed by atoms with Crippen LogP contribution < -0.4 is 0 Å². The molecule has 0 aliphatic carbocycles. The van der Waals surface area contributed by atoms with Crippen molar-refractivity contribution in [3.63, 3.8) is 0 Å². The summed E-state index contributed by atoms with van der Waals surface area (Å²) < 4.78 is 55.7. The minimum absolute atomic E-state index is 0.0911. The molecule has 112 valence electrons. The fourth-order valence-corrected chi connectivity index (χ4v) is 5.36. The van der Waals surface area contributed by atoms with Crippen molar-refractivity contribution >= 4 is 34.9 Å². The van der Waals surface area contributed by atoms with Crippen molar-refractivity contribution in [3.8, 4) is 0 Å². The number of hydrogen-bond donors (Lipinski definition) is 0. The van der Waals surface area contributed by atoms with Crippen LogP contribution in [0.1, 0.15) is 20.9 Å². The van der Waals surface area contributed by atoms with Crippen molar-refractivity contribution in [2.75, 3.05) is 0 Å². The highest BCUT2D eigenvalue weighted by atomic mass is 32.2. The highest BCUT2D eigenvalue weighted by Gasteiger charge is 2.25. The third kappa shape index (κ3) is 2.96. The molecule has 0 atom stereocenters. The largest absolute Gasteiger partial charge is 0.203 e. The summed E-state index contributed by atoms with van der Waals surface area (Å²) in [5.74, 6) is -4.09. The molecule has 21 heavy (non-hydrogen) atoms. The summed E-state index contributed by atoms with van der Waals surface area (Å²) in [5, 5.41) is 0. The van der Waals surface area contributed by atoms with Crippen LogP contribution in [-0.2, 0) is 23.0 Å². The van der Waals surface area contributed by atoms with E-state index in [9.17, 15) is 17.6 Å². The molecule has 0 amide bonds. The van der Waals surface area contributed by atoms with Gasteiger partial charge < -0.3 is 0 Å². The van der Waals surface area contributed by atoms with Crippen molar-refractivity contribution < 1.29 is 17.6 Å². The van der Waals surface area contributed by atoms with Gasteiger partial charge in [0.2, 0.25) is 0 Å². The molecule has 4 bridgehead atoms. The zero-order valence-corrected chi connectivity index (χ0v) is 13.2. The van der Waals surface area contributed by atoms with Gasteiger partial charge >= 0.3 is 0 Å². The van der Waals surface area contributed by atoms with E-state index in [0.29, 0.717) is 11.5 Å². The molecule has 2 aliphatic rings. The number of hydrogen-bond acceptors (Lipinski definition) is 3. The first kappa shape index (κ1) is 15.2. The molecule has 2 aliphatic heterocycles. The Kier molecular flexibility index (Phi) is 4.51. The van der Waals surface area contributed by atoms with Crippen LogP contribution in [0, 0.1) is 23.3 Å². The molecule has 0 unspecified atom stereocenters. The average Bonchev–Trinajstić information content (AvgIpc) is 2.92. The van der Waals surface area contributed by atoms with Crippen LogP contribution in [0.4, 0.5) is 17.6 Å². The third-order valence-electron chi connectivity index (χ3n) is 3.14. The summed E-state index contributed by atoms with van der Waals surface area (Å²) >= 11 is 4.11. The summed E-state index contributed by atoms with van der Waals surface area (Å²) in [6, 6.07) is 3.96. The quantitative estimate of drug-likeness (QED) is 0.455. The van der Waals surface area contributed by atoms with Gasteiger partial charge in [0.05, 0.1) is 0 Å². The Morgan fingerprint density at radius 1 is 0.619 bits per heavy atom. The molecule has 0 fully saturated rings. The van der Waals surface area contributed by atoms with E-state index in [0.717, 1.165) is 9.75 Å². The first-order chi connectivity index (χ1) is 10.1. The van der Waals surface area contributed by atoms with E-state index in [1.807, 2.05) is 12.1 Å². The minimum Gasteiger partial charge on any atom is -0.203 e. The highest BCUT2D eigenvalue weighted by molar-refractivity contribution is 7.98. The molecule has 0 N–H and O–H groups in total. The molecule has 0 radical (unpaired) electrons. The summed E-state index contributed by atoms with van der Waals surface area (Å²) in [6.07, 6.45) is 0. The Balaban J connectivity index is 2.03. The molecule has 1 aromatic carbocycles. The Hall–Kier alpha value is -0.660. The maximum absolute atomic E-state index is 13.9. The Bertz CT molecular complexity index is 597. The summed E-state index contributed by atoms with van der Waals surface area (Å²) in [7, 11) is 0. The third-order valence-corrected chi connectivity index (χ3v) is 6.61. The van der Waals surface area contributed by atoms with Crippen molar-refractivity contribution in [3.05, 3.63) is 56.3 Å². The number of thioether (sulfide) groups is 2. The molecule has 4 rings (SSSR count). The smallest absolute Gasteiger partial charge is 0.166 e. The van der Waals surface area contributed by atoms with E-state index >= 15 is 0 Å². The molecule has 2 aromatic rings. The summed E-state index contributed by atoms with van der Waals surface area (Å²) in [6.45, 7) is 0. The van der Waals surface area contributed by atoms with Gasteiger partial charge in [-0.25, -0.2) is 17.6 Å². The molecule has 0 saturated carbocycles. The second-order valence-electron chi connectivity index (χ2n) is 4.57. The van der Waals surface area contributed by atoms with E-state index in [1.54, 1.807) is 11.3 Å². The maximum Gasteiger partial charge on any atom is 0.166 e.